The summed E-state index contributed by atoms with van der Waals surface area (Å²) in [5, 5.41) is 46.3. The third-order valence-corrected chi connectivity index (χ3v) is 3.11. The molecule has 0 aromatic rings. The Morgan fingerprint density at radius 1 is 1.17 bits per heavy atom. The number of rotatable bonds is 7. The van der Waals surface area contributed by atoms with Crippen LogP contribution in [-0.2, 0) is 4.79 Å². The summed E-state index contributed by atoms with van der Waals surface area (Å²) in [6.45, 7) is 2.86. The van der Waals surface area contributed by atoms with Crippen LogP contribution in [0.3, 0.4) is 0 Å². The molecule has 5 atom stereocenters. The first-order chi connectivity index (χ1) is 8.27. The van der Waals surface area contributed by atoms with Crippen LogP contribution in [0.5, 0.6) is 0 Å². The predicted octanol–water partition coefficient (Wildman–Crippen LogP) is -2.32. The summed E-state index contributed by atoms with van der Waals surface area (Å²) in [5.74, 6) is -0.749. The van der Waals surface area contributed by atoms with E-state index in [4.69, 9.17) is 10.2 Å². The third-order valence-electron chi connectivity index (χ3n) is 3.11. The molecule has 0 radical (unpaired) electrons. The zero-order chi connectivity index (χ0) is 14.5. The van der Waals surface area contributed by atoms with E-state index < -0.39 is 36.9 Å². The molecule has 0 heterocycles. The predicted molar refractivity (Wildman–Crippen MR) is 63.6 cm³/mol. The first kappa shape index (κ1) is 17.3. The van der Waals surface area contributed by atoms with Gasteiger partial charge < -0.3 is 30.4 Å². The Morgan fingerprint density at radius 3 is 2.06 bits per heavy atom. The highest BCUT2D eigenvalue weighted by atomic mass is 16.4. The van der Waals surface area contributed by atoms with Crippen LogP contribution in [0.15, 0.2) is 0 Å². The highest BCUT2D eigenvalue weighted by Crippen LogP contribution is 2.10. The second kappa shape index (κ2) is 7.65. The third kappa shape index (κ3) is 4.18. The van der Waals surface area contributed by atoms with Crippen molar-refractivity contribution in [3.8, 4) is 0 Å². The van der Waals surface area contributed by atoms with Crippen molar-refractivity contribution in [2.45, 2.75) is 50.7 Å². The number of aliphatic hydroxyl groups excluding tert-OH is 5. The van der Waals surface area contributed by atoms with E-state index in [1.807, 2.05) is 6.92 Å². The van der Waals surface area contributed by atoms with Crippen molar-refractivity contribution in [1.82, 2.24) is 4.90 Å². The Bertz CT molecular complexity index is 262. The Hall–Kier alpha value is -0.730. The Labute approximate surface area is 106 Å². The van der Waals surface area contributed by atoms with E-state index in [1.165, 1.54) is 11.9 Å². The standard InChI is InChI=1S/C11H23NO6/c1-4-6(2)12(3)11(18)10(17)9(16)8(15)7(14)5-13/h6-10,13-17H,4-5H2,1-3H3/t6?,7-,8-,9+,10-/m1/s1. The minimum Gasteiger partial charge on any atom is -0.394 e. The summed E-state index contributed by atoms with van der Waals surface area (Å²) in [4.78, 5) is 13.0. The second-order valence-electron chi connectivity index (χ2n) is 4.38. The van der Waals surface area contributed by atoms with E-state index in [-0.39, 0.29) is 6.04 Å². The molecule has 0 saturated carbocycles. The monoisotopic (exact) mass is 265 g/mol. The Balaban J connectivity index is 4.63. The molecule has 7 heteroatoms. The van der Waals surface area contributed by atoms with Crippen LogP contribution in [0, 0.1) is 0 Å². The van der Waals surface area contributed by atoms with Crippen molar-refractivity contribution < 1.29 is 30.3 Å². The van der Waals surface area contributed by atoms with Gasteiger partial charge in [-0.2, -0.15) is 0 Å². The Morgan fingerprint density at radius 2 is 1.67 bits per heavy atom. The van der Waals surface area contributed by atoms with Crippen molar-refractivity contribution in [3.63, 3.8) is 0 Å². The largest absolute Gasteiger partial charge is 0.394 e. The number of aliphatic hydroxyl groups is 5. The summed E-state index contributed by atoms with van der Waals surface area (Å²) in [6, 6.07) is -0.126. The normalized spacial score (nSPS) is 19.8. The molecule has 7 nitrogen and oxygen atoms in total. The summed E-state index contributed by atoms with van der Waals surface area (Å²) in [7, 11) is 1.47. The van der Waals surface area contributed by atoms with Crippen molar-refractivity contribution in [3.05, 3.63) is 0 Å². The Kier molecular flexibility index (Phi) is 7.34. The molecular formula is C11H23NO6. The smallest absolute Gasteiger partial charge is 0.254 e. The highest BCUT2D eigenvalue weighted by molar-refractivity contribution is 5.81. The molecular weight excluding hydrogens is 242 g/mol. The maximum absolute atomic E-state index is 11.8. The van der Waals surface area contributed by atoms with Crippen LogP contribution in [0.1, 0.15) is 20.3 Å². The molecule has 0 spiro atoms. The average molecular weight is 265 g/mol. The zero-order valence-electron chi connectivity index (χ0n) is 10.9. The molecule has 0 aliphatic carbocycles. The van der Waals surface area contributed by atoms with E-state index in [1.54, 1.807) is 6.92 Å². The zero-order valence-corrected chi connectivity index (χ0v) is 10.9. The van der Waals surface area contributed by atoms with Gasteiger partial charge in [0.25, 0.3) is 5.91 Å². The molecule has 1 unspecified atom stereocenters. The van der Waals surface area contributed by atoms with Gasteiger partial charge in [0.2, 0.25) is 0 Å². The van der Waals surface area contributed by atoms with Gasteiger partial charge >= 0.3 is 0 Å². The maximum Gasteiger partial charge on any atom is 0.254 e. The fourth-order valence-corrected chi connectivity index (χ4v) is 1.37. The van der Waals surface area contributed by atoms with Crippen molar-refractivity contribution in [2.24, 2.45) is 0 Å². The number of likely N-dealkylation sites (N-methyl/N-ethyl adjacent to an activating group) is 1. The van der Waals surface area contributed by atoms with Gasteiger partial charge in [-0.25, -0.2) is 0 Å². The maximum atomic E-state index is 11.8. The minimum absolute atomic E-state index is 0.126. The van der Waals surface area contributed by atoms with Gasteiger partial charge in [0.1, 0.15) is 18.3 Å². The molecule has 0 rings (SSSR count). The van der Waals surface area contributed by atoms with Gasteiger partial charge in [-0.1, -0.05) is 6.92 Å². The van der Waals surface area contributed by atoms with E-state index in [0.717, 1.165) is 0 Å². The summed E-state index contributed by atoms with van der Waals surface area (Å²) >= 11 is 0. The quantitative estimate of drug-likeness (QED) is 0.352. The van der Waals surface area contributed by atoms with E-state index in [2.05, 4.69) is 0 Å². The number of carbonyl (C=O) groups is 1. The van der Waals surface area contributed by atoms with Crippen molar-refractivity contribution >= 4 is 5.91 Å². The first-order valence-corrected chi connectivity index (χ1v) is 5.87. The molecule has 18 heavy (non-hydrogen) atoms. The number of hydrogen-bond acceptors (Lipinski definition) is 6. The van der Waals surface area contributed by atoms with Crippen LogP contribution in [0.25, 0.3) is 0 Å². The summed E-state index contributed by atoms with van der Waals surface area (Å²) in [5.41, 5.74) is 0. The second-order valence-corrected chi connectivity index (χ2v) is 4.38. The van der Waals surface area contributed by atoms with Crippen molar-refractivity contribution in [1.29, 1.82) is 0 Å². The van der Waals surface area contributed by atoms with E-state index >= 15 is 0 Å². The molecule has 0 saturated heterocycles. The SMILES string of the molecule is CCC(C)N(C)C(=O)[C@H](O)[C@@H](O)[C@H](O)[C@H](O)CO. The number of carbonyl (C=O) groups excluding carboxylic acids is 1. The van der Waals surface area contributed by atoms with Gasteiger partial charge in [-0.05, 0) is 13.3 Å². The first-order valence-electron chi connectivity index (χ1n) is 5.87. The average Bonchev–Trinajstić information content (AvgIpc) is 2.40. The number of amides is 1. The van der Waals surface area contributed by atoms with Gasteiger partial charge in [-0.15, -0.1) is 0 Å². The molecule has 0 bridgehead atoms. The molecule has 0 aromatic heterocycles. The van der Waals surface area contributed by atoms with Crippen molar-refractivity contribution in [2.75, 3.05) is 13.7 Å². The lowest BCUT2D eigenvalue weighted by Crippen LogP contribution is -2.53. The van der Waals surface area contributed by atoms with Gasteiger partial charge in [-0.3, -0.25) is 4.79 Å². The van der Waals surface area contributed by atoms with Gasteiger partial charge in [0.05, 0.1) is 6.61 Å². The molecule has 0 aromatic carbocycles. The molecule has 1 amide bonds. The highest BCUT2D eigenvalue weighted by Gasteiger charge is 2.36. The molecule has 5 N–H and O–H groups in total. The summed E-state index contributed by atoms with van der Waals surface area (Å²) < 4.78 is 0. The van der Waals surface area contributed by atoms with Crippen LogP contribution in [0.2, 0.25) is 0 Å². The molecule has 0 aliphatic heterocycles. The lowest BCUT2D eigenvalue weighted by molar-refractivity contribution is -0.158. The van der Waals surface area contributed by atoms with Crippen LogP contribution < -0.4 is 0 Å². The van der Waals surface area contributed by atoms with Gasteiger partial charge in [0.15, 0.2) is 6.10 Å². The fraction of sp³-hybridized carbons (Fsp3) is 0.909. The van der Waals surface area contributed by atoms with E-state index in [0.29, 0.717) is 6.42 Å². The van der Waals surface area contributed by atoms with Crippen LogP contribution >= 0.6 is 0 Å². The topological polar surface area (TPSA) is 121 Å². The molecule has 108 valence electrons. The molecule has 0 fully saturated rings. The minimum atomic E-state index is -1.86. The lowest BCUT2D eigenvalue weighted by Gasteiger charge is -2.30. The number of nitrogens with zero attached hydrogens (tertiary/aromatic N) is 1. The van der Waals surface area contributed by atoms with E-state index in [9.17, 15) is 20.1 Å². The van der Waals surface area contributed by atoms with Gasteiger partial charge in [0, 0.05) is 13.1 Å². The van der Waals surface area contributed by atoms with Crippen LogP contribution in [-0.4, -0.2) is 80.5 Å². The number of hydrogen-bond donors (Lipinski definition) is 5. The fourth-order valence-electron chi connectivity index (χ4n) is 1.37. The molecule has 0 aliphatic rings. The lowest BCUT2D eigenvalue weighted by atomic mass is 10.0. The summed E-state index contributed by atoms with van der Waals surface area (Å²) in [6.07, 6.45) is -6.44. The van der Waals surface area contributed by atoms with Crippen LogP contribution in [0.4, 0.5) is 0 Å².